The van der Waals surface area contributed by atoms with Crippen LogP contribution < -0.4 is 15.0 Å². The Hall–Kier alpha value is -3.05. The molecular weight excluding hydrogens is 352 g/mol. The van der Waals surface area contributed by atoms with Gasteiger partial charge in [0.15, 0.2) is 11.8 Å². The monoisotopic (exact) mass is 379 g/mol. The first-order chi connectivity index (χ1) is 13.5. The van der Waals surface area contributed by atoms with Crippen molar-refractivity contribution in [2.75, 3.05) is 12.4 Å². The van der Waals surface area contributed by atoms with E-state index in [2.05, 4.69) is 5.32 Å². The van der Waals surface area contributed by atoms with Gasteiger partial charge in [-0.15, -0.1) is 0 Å². The van der Waals surface area contributed by atoms with Crippen LogP contribution in [0.25, 0.3) is 0 Å². The molecule has 0 saturated carbocycles. The molecule has 28 heavy (non-hydrogen) atoms. The van der Waals surface area contributed by atoms with Crippen molar-refractivity contribution in [3.63, 3.8) is 0 Å². The van der Waals surface area contributed by atoms with E-state index < -0.39 is 0 Å². The molecule has 3 aromatic rings. The number of benzene rings is 2. The van der Waals surface area contributed by atoms with Gasteiger partial charge in [-0.2, -0.15) is 0 Å². The lowest BCUT2D eigenvalue weighted by Gasteiger charge is -2.20. The molecule has 2 N–H and O–H groups in total. The second-order valence-corrected chi connectivity index (χ2v) is 7.05. The third-order valence-electron chi connectivity index (χ3n) is 4.75. The number of ether oxygens (including phenoxy) is 1. The second-order valence-electron chi connectivity index (χ2n) is 7.05. The molecule has 2 atom stereocenters. The van der Waals surface area contributed by atoms with Crippen LogP contribution in [0.4, 0.5) is 5.69 Å². The van der Waals surface area contributed by atoms with Crippen LogP contribution in [0.5, 0.6) is 5.75 Å². The molecule has 1 aromatic heterocycles. The van der Waals surface area contributed by atoms with Crippen LogP contribution >= 0.6 is 0 Å². The molecule has 0 fully saturated rings. The molecule has 0 aliphatic carbocycles. The molecule has 0 bridgehead atoms. The van der Waals surface area contributed by atoms with E-state index in [1.165, 1.54) is 0 Å². The first-order valence-electron chi connectivity index (χ1n) is 9.46. The van der Waals surface area contributed by atoms with E-state index in [4.69, 9.17) is 9.15 Å². The van der Waals surface area contributed by atoms with Crippen LogP contribution in [0.15, 0.2) is 71.1 Å². The number of hydrogen-bond donors (Lipinski definition) is 2. The van der Waals surface area contributed by atoms with Crippen LogP contribution in [0.1, 0.15) is 24.0 Å². The van der Waals surface area contributed by atoms with Crippen molar-refractivity contribution in [1.29, 1.82) is 0 Å². The number of likely N-dealkylation sites (N-methyl/N-ethyl adjacent to an activating group) is 1. The highest BCUT2D eigenvalue weighted by atomic mass is 16.5. The summed E-state index contributed by atoms with van der Waals surface area (Å²) in [5.74, 6) is 2.51. The first-order valence-corrected chi connectivity index (χ1v) is 9.46. The minimum atomic E-state index is -0.209. The molecule has 1 unspecified atom stereocenters. The SMILES string of the molecule is Cc1ccc(C[NH+](C)[C@H](C)C(=O)Nc2ccc(OCc3ccccc3)cc2)o1. The zero-order chi connectivity index (χ0) is 19.9. The smallest absolute Gasteiger partial charge is 0.282 e. The number of nitrogens with one attached hydrogen (secondary N) is 2. The molecule has 5 heteroatoms. The van der Waals surface area contributed by atoms with Gasteiger partial charge < -0.3 is 19.4 Å². The molecule has 1 heterocycles. The average molecular weight is 379 g/mol. The highest BCUT2D eigenvalue weighted by Gasteiger charge is 2.23. The zero-order valence-electron chi connectivity index (χ0n) is 16.6. The lowest BCUT2D eigenvalue weighted by atomic mass is 10.2. The summed E-state index contributed by atoms with van der Waals surface area (Å²) < 4.78 is 11.4. The number of carbonyl (C=O) groups is 1. The van der Waals surface area contributed by atoms with Gasteiger partial charge in [-0.25, -0.2) is 0 Å². The molecule has 5 nitrogen and oxygen atoms in total. The number of rotatable bonds is 8. The maximum atomic E-state index is 12.6. The highest BCUT2D eigenvalue weighted by molar-refractivity contribution is 5.93. The van der Waals surface area contributed by atoms with Crippen molar-refractivity contribution in [2.24, 2.45) is 0 Å². The quantitative estimate of drug-likeness (QED) is 0.632. The number of hydrogen-bond acceptors (Lipinski definition) is 3. The number of furan rings is 1. The number of amides is 1. The zero-order valence-corrected chi connectivity index (χ0v) is 16.6. The van der Waals surface area contributed by atoms with Gasteiger partial charge in [0.1, 0.15) is 24.7 Å². The fraction of sp³-hybridized carbons (Fsp3) is 0.261. The Bertz CT molecular complexity index is 888. The van der Waals surface area contributed by atoms with Crippen molar-refractivity contribution >= 4 is 11.6 Å². The normalized spacial score (nSPS) is 13.0. The van der Waals surface area contributed by atoms with Crippen LogP contribution in [0.3, 0.4) is 0 Å². The summed E-state index contributed by atoms with van der Waals surface area (Å²) in [4.78, 5) is 13.6. The summed E-state index contributed by atoms with van der Waals surface area (Å²) in [5.41, 5.74) is 1.87. The Balaban J connectivity index is 1.50. The van der Waals surface area contributed by atoms with Crippen molar-refractivity contribution in [2.45, 2.75) is 33.0 Å². The largest absolute Gasteiger partial charge is 0.489 e. The first kappa shape index (κ1) is 19.7. The predicted molar refractivity (Wildman–Crippen MR) is 109 cm³/mol. The van der Waals surface area contributed by atoms with Gasteiger partial charge in [-0.1, -0.05) is 30.3 Å². The lowest BCUT2D eigenvalue weighted by molar-refractivity contribution is -0.908. The maximum Gasteiger partial charge on any atom is 0.282 e. The van der Waals surface area contributed by atoms with Gasteiger partial charge in [-0.05, 0) is 55.8 Å². The number of quaternary nitrogens is 1. The predicted octanol–water partition coefficient (Wildman–Crippen LogP) is 3.21. The maximum absolute atomic E-state index is 12.6. The van der Waals surface area contributed by atoms with Crippen LogP contribution in [-0.2, 0) is 17.9 Å². The summed E-state index contributed by atoms with van der Waals surface area (Å²) >= 11 is 0. The molecule has 0 aliphatic rings. The molecule has 1 amide bonds. The Morgan fingerprint density at radius 1 is 1.07 bits per heavy atom. The van der Waals surface area contributed by atoms with Crippen LogP contribution in [0.2, 0.25) is 0 Å². The Morgan fingerprint density at radius 2 is 1.79 bits per heavy atom. The third kappa shape index (κ3) is 5.47. The van der Waals surface area contributed by atoms with Gasteiger partial charge in [0, 0.05) is 5.69 Å². The molecular formula is C23H27N2O3+. The molecule has 0 aliphatic heterocycles. The highest BCUT2D eigenvalue weighted by Crippen LogP contribution is 2.17. The Morgan fingerprint density at radius 3 is 2.43 bits per heavy atom. The second kappa shape index (κ2) is 9.24. The fourth-order valence-electron chi connectivity index (χ4n) is 2.86. The van der Waals surface area contributed by atoms with Crippen LogP contribution in [-0.4, -0.2) is 19.0 Å². The van der Waals surface area contributed by atoms with Gasteiger partial charge in [0.2, 0.25) is 0 Å². The van der Waals surface area contributed by atoms with E-state index in [0.717, 1.165) is 33.4 Å². The standard InChI is InChI=1S/C23H26N2O3/c1-17-9-12-22(28-17)15-25(3)18(2)23(26)24-20-10-13-21(14-11-20)27-16-19-7-5-4-6-8-19/h4-14,18H,15-16H2,1-3H3,(H,24,26)/p+1/t18-/m1/s1. The summed E-state index contributed by atoms with van der Waals surface area (Å²) in [6.45, 7) is 5.01. The van der Waals surface area contributed by atoms with E-state index in [-0.39, 0.29) is 11.9 Å². The van der Waals surface area contributed by atoms with Gasteiger partial charge in [0.25, 0.3) is 5.91 Å². The Kier molecular flexibility index (Phi) is 6.50. The minimum absolute atomic E-state index is 0.0290. The third-order valence-corrected chi connectivity index (χ3v) is 4.75. The summed E-state index contributed by atoms with van der Waals surface area (Å²) in [6.07, 6.45) is 0. The summed E-state index contributed by atoms with van der Waals surface area (Å²) in [7, 11) is 1.99. The molecule has 146 valence electrons. The van der Waals surface area contributed by atoms with Crippen molar-refractivity contribution < 1.29 is 18.8 Å². The molecule has 0 spiro atoms. The van der Waals surface area contributed by atoms with E-state index >= 15 is 0 Å². The molecule has 3 rings (SSSR count). The van der Waals surface area contributed by atoms with E-state index in [0.29, 0.717) is 13.2 Å². The van der Waals surface area contributed by atoms with E-state index in [9.17, 15) is 4.79 Å². The molecule has 0 radical (unpaired) electrons. The number of carbonyl (C=O) groups excluding carboxylic acids is 1. The topological polar surface area (TPSA) is 55.9 Å². The number of aryl methyl sites for hydroxylation is 1. The minimum Gasteiger partial charge on any atom is -0.489 e. The summed E-state index contributed by atoms with van der Waals surface area (Å²) in [5, 5.41) is 2.97. The van der Waals surface area contributed by atoms with Crippen molar-refractivity contribution in [1.82, 2.24) is 0 Å². The van der Waals surface area contributed by atoms with E-state index in [1.54, 1.807) is 0 Å². The summed E-state index contributed by atoms with van der Waals surface area (Å²) in [6, 6.07) is 21.2. The van der Waals surface area contributed by atoms with Gasteiger partial charge in [0.05, 0.1) is 7.05 Å². The fourth-order valence-corrected chi connectivity index (χ4v) is 2.86. The number of anilines is 1. The molecule has 0 saturated heterocycles. The van der Waals surface area contributed by atoms with Crippen molar-refractivity contribution in [3.8, 4) is 5.75 Å². The lowest BCUT2D eigenvalue weighted by Crippen LogP contribution is -3.12. The van der Waals surface area contributed by atoms with Gasteiger partial charge >= 0.3 is 0 Å². The van der Waals surface area contributed by atoms with Gasteiger partial charge in [-0.3, -0.25) is 4.79 Å². The van der Waals surface area contributed by atoms with Crippen LogP contribution in [0, 0.1) is 6.92 Å². The van der Waals surface area contributed by atoms with E-state index in [1.807, 2.05) is 87.6 Å². The molecule has 2 aromatic carbocycles. The van der Waals surface area contributed by atoms with Crippen molar-refractivity contribution in [3.05, 3.63) is 83.8 Å². The Labute approximate surface area is 165 Å². The average Bonchev–Trinajstić information content (AvgIpc) is 3.12.